The van der Waals surface area contributed by atoms with Crippen molar-refractivity contribution in [2.24, 2.45) is 11.1 Å². The predicted octanol–water partition coefficient (Wildman–Crippen LogP) is 3.69. The lowest BCUT2D eigenvalue weighted by Crippen LogP contribution is -2.36. The van der Waals surface area contributed by atoms with Gasteiger partial charge in [-0.05, 0) is 61.4 Å². The molecule has 112 valence electrons. The standard InChI is InChI=1S/C17H27FN2/c1-17(2)6-4-16(5-7-17)20(3)12-14-8-13(11-19)9-15(18)10-14/h8-10,16H,4-7,11-12,19H2,1-3H3. The van der Waals surface area contributed by atoms with Gasteiger partial charge in [-0.15, -0.1) is 0 Å². The van der Waals surface area contributed by atoms with Crippen LogP contribution < -0.4 is 5.73 Å². The normalized spacial score (nSPS) is 19.5. The largest absolute Gasteiger partial charge is 0.326 e. The van der Waals surface area contributed by atoms with E-state index < -0.39 is 0 Å². The number of rotatable bonds is 4. The molecule has 2 rings (SSSR count). The summed E-state index contributed by atoms with van der Waals surface area (Å²) < 4.78 is 13.5. The SMILES string of the molecule is CN(Cc1cc(F)cc(CN)c1)C1CCC(C)(C)CC1. The van der Waals surface area contributed by atoms with Gasteiger partial charge in [-0.3, -0.25) is 4.90 Å². The van der Waals surface area contributed by atoms with Crippen molar-refractivity contribution in [2.75, 3.05) is 7.05 Å². The smallest absolute Gasteiger partial charge is 0.123 e. The van der Waals surface area contributed by atoms with Crippen molar-refractivity contribution in [1.82, 2.24) is 4.90 Å². The molecule has 0 atom stereocenters. The van der Waals surface area contributed by atoms with Crippen molar-refractivity contribution in [3.05, 3.63) is 35.1 Å². The minimum absolute atomic E-state index is 0.180. The number of halogens is 1. The Labute approximate surface area is 122 Å². The molecule has 1 aliphatic carbocycles. The van der Waals surface area contributed by atoms with Crippen molar-refractivity contribution in [3.8, 4) is 0 Å². The van der Waals surface area contributed by atoms with Gasteiger partial charge in [-0.25, -0.2) is 4.39 Å². The second-order valence-corrected chi connectivity index (χ2v) is 6.98. The summed E-state index contributed by atoms with van der Waals surface area (Å²) in [6.45, 7) is 5.90. The molecule has 1 aromatic carbocycles. The van der Waals surface area contributed by atoms with E-state index in [2.05, 4.69) is 25.8 Å². The van der Waals surface area contributed by atoms with Gasteiger partial charge >= 0.3 is 0 Å². The molecule has 1 aromatic rings. The molecule has 0 heterocycles. The fraction of sp³-hybridized carbons (Fsp3) is 0.647. The number of benzene rings is 1. The average molecular weight is 278 g/mol. The predicted molar refractivity (Wildman–Crippen MR) is 81.8 cm³/mol. The monoisotopic (exact) mass is 278 g/mol. The molecule has 0 amide bonds. The molecular weight excluding hydrogens is 251 g/mol. The molecule has 20 heavy (non-hydrogen) atoms. The third kappa shape index (κ3) is 4.03. The molecule has 1 fully saturated rings. The van der Waals surface area contributed by atoms with Crippen LogP contribution in [0.3, 0.4) is 0 Å². The van der Waals surface area contributed by atoms with Gasteiger partial charge in [0.05, 0.1) is 0 Å². The highest BCUT2D eigenvalue weighted by Crippen LogP contribution is 2.36. The van der Waals surface area contributed by atoms with E-state index in [1.54, 1.807) is 6.07 Å². The Morgan fingerprint density at radius 3 is 2.40 bits per heavy atom. The lowest BCUT2D eigenvalue weighted by Gasteiger charge is -2.38. The Hall–Kier alpha value is -0.930. The van der Waals surface area contributed by atoms with Gasteiger partial charge < -0.3 is 5.73 Å². The highest BCUT2D eigenvalue weighted by Gasteiger charge is 2.28. The Kier molecular flexibility index (Phi) is 4.82. The van der Waals surface area contributed by atoms with E-state index >= 15 is 0 Å². The molecule has 0 saturated heterocycles. The average Bonchev–Trinajstić information content (AvgIpc) is 2.37. The van der Waals surface area contributed by atoms with Gasteiger partial charge in [0, 0.05) is 19.1 Å². The Morgan fingerprint density at radius 1 is 1.20 bits per heavy atom. The maximum absolute atomic E-state index is 13.5. The third-order valence-corrected chi connectivity index (χ3v) is 4.62. The maximum Gasteiger partial charge on any atom is 0.123 e. The molecule has 3 heteroatoms. The van der Waals surface area contributed by atoms with Crippen LogP contribution in [0.25, 0.3) is 0 Å². The van der Waals surface area contributed by atoms with Gasteiger partial charge in [0.1, 0.15) is 5.82 Å². The van der Waals surface area contributed by atoms with Gasteiger partial charge in [-0.2, -0.15) is 0 Å². The van der Waals surface area contributed by atoms with E-state index in [0.717, 1.165) is 17.7 Å². The number of hydrogen-bond acceptors (Lipinski definition) is 2. The van der Waals surface area contributed by atoms with Crippen LogP contribution in [0.1, 0.15) is 50.7 Å². The van der Waals surface area contributed by atoms with Crippen molar-refractivity contribution in [2.45, 2.75) is 58.7 Å². The van der Waals surface area contributed by atoms with Gasteiger partial charge in [0.2, 0.25) is 0 Å². The lowest BCUT2D eigenvalue weighted by atomic mass is 9.75. The molecule has 0 spiro atoms. The Morgan fingerprint density at radius 2 is 1.80 bits per heavy atom. The van der Waals surface area contributed by atoms with Crippen LogP contribution in [0.2, 0.25) is 0 Å². The summed E-state index contributed by atoms with van der Waals surface area (Å²) in [5.41, 5.74) is 8.00. The molecule has 2 nitrogen and oxygen atoms in total. The highest BCUT2D eigenvalue weighted by molar-refractivity contribution is 5.24. The van der Waals surface area contributed by atoms with Crippen LogP contribution in [0.15, 0.2) is 18.2 Å². The van der Waals surface area contributed by atoms with E-state index in [-0.39, 0.29) is 5.82 Å². The third-order valence-electron chi connectivity index (χ3n) is 4.62. The van der Waals surface area contributed by atoms with Gasteiger partial charge in [0.15, 0.2) is 0 Å². The van der Waals surface area contributed by atoms with E-state index in [4.69, 9.17) is 5.73 Å². The molecule has 1 aliphatic rings. The van der Waals surface area contributed by atoms with Crippen LogP contribution in [-0.4, -0.2) is 18.0 Å². The van der Waals surface area contributed by atoms with Crippen molar-refractivity contribution in [1.29, 1.82) is 0 Å². The molecular formula is C17H27FN2. The van der Waals surface area contributed by atoms with Crippen LogP contribution >= 0.6 is 0 Å². The number of nitrogens with two attached hydrogens (primary N) is 1. The van der Waals surface area contributed by atoms with E-state index in [9.17, 15) is 4.39 Å². The van der Waals surface area contributed by atoms with E-state index in [1.165, 1.54) is 31.7 Å². The summed E-state index contributed by atoms with van der Waals surface area (Å²) in [7, 11) is 2.15. The van der Waals surface area contributed by atoms with Crippen molar-refractivity contribution >= 4 is 0 Å². The molecule has 0 aliphatic heterocycles. The minimum atomic E-state index is -0.180. The fourth-order valence-corrected chi connectivity index (χ4v) is 3.17. The fourth-order valence-electron chi connectivity index (χ4n) is 3.17. The summed E-state index contributed by atoms with van der Waals surface area (Å²) in [6.07, 6.45) is 5.03. The topological polar surface area (TPSA) is 29.3 Å². The summed E-state index contributed by atoms with van der Waals surface area (Å²) in [5.74, 6) is -0.180. The second-order valence-electron chi connectivity index (χ2n) is 6.98. The van der Waals surface area contributed by atoms with Crippen LogP contribution in [-0.2, 0) is 13.1 Å². The van der Waals surface area contributed by atoms with E-state index in [0.29, 0.717) is 18.0 Å². The van der Waals surface area contributed by atoms with Crippen LogP contribution in [0, 0.1) is 11.2 Å². The first-order chi connectivity index (χ1) is 9.39. The van der Waals surface area contributed by atoms with Crippen molar-refractivity contribution < 1.29 is 4.39 Å². The molecule has 1 saturated carbocycles. The summed E-state index contributed by atoms with van der Waals surface area (Å²) in [5, 5.41) is 0. The zero-order chi connectivity index (χ0) is 14.8. The molecule has 0 unspecified atom stereocenters. The first-order valence-electron chi connectivity index (χ1n) is 7.58. The zero-order valence-electron chi connectivity index (χ0n) is 13.0. The number of nitrogens with zero attached hydrogens (tertiary/aromatic N) is 1. The summed E-state index contributed by atoms with van der Waals surface area (Å²) >= 11 is 0. The summed E-state index contributed by atoms with van der Waals surface area (Å²) in [4.78, 5) is 2.37. The zero-order valence-corrected chi connectivity index (χ0v) is 13.0. The first kappa shape index (κ1) is 15.5. The molecule has 0 aromatic heterocycles. The second kappa shape index (κ2) is 6.23. The molecule has 0 radical (unpaired) electrons. The maximum atomic E-state index is 13.5. The molecule has 0 bridgehead atoms. The first-order valence-corrected chi connectivity index (χ1v) is 7.58. The lowest BCUT2D eigenvalue weighted by molar-refractivity contribution is 0.123. The summed E-state index contributed by atoms with van der Waals surface area (Å²) in [6, 6.07) is 5.79. The van der Waals surface area contributed by atoms with Crippen molar-refractivity contribution in [3.63, 3.8) is 0 Å². The Bertz CT molecular complexity index is 446. The Balaban J connectivity index is 1.98. The quantitative estimate of drug-likeness (QED) is 0.910. The van der Waals surface area contributed by atoms with Crippen LogP contribution in [0.4, 0.5) is 4.39 Å². The number of hydrogen-bond donors (Lipinski definition) is 1. The van der Waals surface area contributed by atoms with Crippen LogP contribution in [0.5, 0.6) is 0 Å². The minimum Gasteiger partial charge on any atom is -0.326 e. The molecule has 2 N–H and O–H groups in total. The van der Waals surface area contributed by atoms with Gasteiger partial charge in [-0.1, -0.05) is 19.9 Å². The van der Waals surface area contributed by atoms with Gasteiger partial charge in [0.25, 0.3) is 0 Å². The van der Waals surface area contributed by atoms with E-state index in [1.807, 2.05) is 6.07 Å². The highest BCUT2D eigenvalue weighted by atomic mass is 19.1.